The summed E-state index contributed by atoms with van der Waals surface area (Å²) in [4.78, 5) is 24.5. The number of aliphatic hydroxyl groups excluding tert-OH is 2. The minimum absolute atomic E-state index is 0.00801. The van der Waals surface area contributed by atoms with Crippen LogP contribution in [0.5, 0.6) is 0 Å². The molecule has 2 atom stereocenters. The lowest BCUT2D eigenvalue weighted by atomic mass is 10.0. The molecule has 0 bridgehead atoms. The van der Waals surface area contributed by atoms with E-state index in [-0.39, 0.29) is 18.5 Å². The summed E-state index contributed by atoms with van der Waals surface area (Å²) in [6.45, 7) is 4.89. The zero-order valence-corrected chi connectivity index (χ0v) is 48.4. The molecule has 0 aromatic rings. The molecule has 0 saturated heterocycles. The van der Waals surface area contributed by atoms with Crippen molar-refractivity contribution in [3.8, 4) is 0 Å². The SMILES string of the molecule is CCCCCC/C=C\CCCCCCCC(=O)OCCCCCCCCCCCCCC/C=C\CCCCCCCCCCCCCCCCCC(=O)NC(CO)C(O)/C=C/CCCCCCCCCCC. The van der Waals surface area contributed by atoms with E-state index in [1.165, 1.54) is 276 Å². The first-order valence-corrected chi connectivity index (χ1v) is 32.3. The van der Waals surface area contributed by atoms with Crippen LogP contribution in [0.25, 0.3) is 0 Å². The fraction of sp³-hybridized carbons (Fsp3) is 0.879. The Kier molecular flexibility index (Phi) is 60.0. The summed E-state index contributed by atoms with van der Waals surface area (Å²) in [5, 5.41) is 23.0. The highest BCUT2D eigenvalue weighted by molar-refractivity contribution is 5.76. The molecule has 0 fully saturated rings. The molecule has 0 aromatic heterocycles. The molecule has 0 rings (SSSR count). The van der Waals surface area contributed by atoms with E-state index >= 15 is 0 Å². The molecule has 6 nitrogen and oxygen atoms in total. The summed E-state index contributed by atoms with van der Waals surface area (Å²) < 4.78 is 5.48. The third-order valence-electron chi connectivity index (χ3n) is 14.9. The van der Waals surface area contributed by atoms with Crippen LogP contribution in [0.4, 0.5) is 0 Å². The smallest absolute Gasteiger partial charge is 0.305 e. The molecular weight excluding hydrogens is 887 g/mol. The van der Waals surface area contributed by atoms with Crippen molar-refractivity contribution in [2.45, 2.75) is 360 Å². The van der Waals surface area contributed by atoms with Crippen molar-refractivity contribution in [3.63, 3.8) is 0 Å². The monoisotopic (exact) mass is 1010 g/mol. The normalized spacial score (nSPS) is 12.8. The summed E-state index contributed by atoms with van der Waals surface area (Å²) in [5.41, 5.74) is 0. The predicted octanol–water partition coefficient (Wildman–Crippen LogP) is 20.4. The van der Waals surface area contributed by atoms with E-state index in [0.29, 0.717) is 19.4 Å². The number of esters is 1. The Hall–Kier alpha value is -1.92. The van der Waals surface area contributed by atoms with Gasteiger partial charge in [-0.3, -0.25) is 9.59 Å². The maximum atomic E-state index is 12.4. The summed E-state index contributed by atoms with van der Waals surface area (Å²) in [6.07, 6.45) is 77.8. The molecule has 0 aliphatic heterocycles. The highest BCUT2D eigenvalue weighted by atomic mass is 16.5. The summed E-state index contributed by atoms with van der Waals surface area (Å²) >= 11 is 0. The number of aliphatic hydroxyl groups is 2. The lowest BCUT2D eigenvalue weighted by Crippen LogP contribution is -2.45. The molecular formula is C66H125NO5. The Morgan fingerprint density at radius 3 is 1.00 bits per heavy atom. The van der Waals surface area contributed by atoms with Gasteiger partial charge in [-0.15, -0.1) is 0 Å². The van der Waals surface area contributed by atoms with Gasteiger partial charge in [0.05, 0.1) is 25.4 Å². The topological polar surface area (TPSA) is 95.9 Å². The maximum absolute atomic E-state index is 12.4. The largest absolute Gasteiger partial charge is 0.466 e. The number of hydrogen-bond donors (Lipinski definition) is 3. The Balaban J connectivity index is 3.36. The van der Waals surface area contributed by atoms with E-state index in [9.17, 15) is 19.8 Å². The van der Waals surface area contributed by atoms with E-state index < -0.39 is 12.1 Å². The number of carbonyl (C=O) groups is 2. The number of rotatable bonds is 60. The van der Waals surface area contributed by atoms with Crippen molar-refractivity contribution >= 4 is 11.9 Å². The second-order valence-electron chi connectivity index (χ2n) is 22.1. The Bertz CT molecular complexity index is 1170. The van der Waals surface area contributed by atoms with Crippen molar-refractivity contribution < 1.29 is 24.5 Å². The Morgan fingerprint density at radius 1 is 0.375 bits per heavy atom. The molecule has 0 heterocycles. The highest BCUT2D eigenvalue weighted by Crippen LogP contribution is 2.17. The fourth-order valence-electron chi connectivity index (χ4n) is 9.92. The molecule has 72 heavy (non-hydrogen) atoms. The van der Waals surface area contributed by atoms with Gasteiger partial charge in [-0.1, -0.05) is 288 Å². The van der Waals surface area contributed by atoms with Crippen LogP contribution < -0.4 is 5.32 Å². The molecule has 424 valence electrons. The van der Waals surface area contributed by atoms with E-state index in [0.717, 1.165) is 44.9 Å². The number of nitrogens with one attached hydrogen (secondary N) is 1. The first kappa shape index (κ1) is 70.1. The molecule has 0 aliphatic carbocycles. The fourth-order valence-corrected chi connectivity index (χ4v) is 9.92. The molecule has 3 N–H and O–H groups in total. The van der Waals surface area contributed by atoms with E-state index in [2.05, 4.69) is 43.5 Å². The van der Waals surface area contributed by atoms with Crippen molar-refractivity contribution in [2.24, 2.45) is 0 Å². The highest BCUT2D eigenvalue weighted by Gasteiger charge is 2.18. The van der Waals surface area contributed by atoms with Crippen molar-refractivity contribution in [2.75, 3.05) is 13.2 Å². The van der Waals surface area contributed by atoms with Crippen LogP contribution in [0.15, 0.2) is 36.5 Å². The Morgan fingerprint density at radius 2 is 0.653 bits per heavy atom. The van der Waals surface area contributed by atoms with Gasteiger partial charge in [-0.2, -0.15) is 0 Å². The number of allylic oxidation sites excluding steroid dienone is 5. The summed E-state index contributed by atoms with van der Waals surface area (Å²) in [5.74, 6) is -0.0584. The summed E-state index contributed by atoms with van der Waals surface area (Å²) in [6, 6.07) is -0.625. The first-order valence-electron chi connectivity index (χ1n) is 32.3. The molecule has 1 amide bonds. The van der Waals surface area contributed by atoms with Gasteiger partial charge in [-0.25, -0.2) is 0 Å². The van der Waals surface area contributed by atoms with Crippen LogP contribution in [-0.4, -0.2) is 47.4 Å². The molecule has 0 aromatic carbocycles. The lowest BCUT2D eigenvalue weighted by molar-refractivity contribution is -0.143. The molecule has 0 saturated carbocycles. The van der Waals surface area contributed by atoms with Crippen LogP contribution in [-0.2, 0) is 14.3 Å². The quantitative estimate of drug-likeness (QED) is 0.0320. The average Bonchev–Trinajstić information content (AvgIpc) is 3.38. The molecule has 0 radical (unpaired) electrons. The molecule has 0 aliphatic rings. The third kappa shape index (κ3) is 57.4. The third-order valence-corrected chi connectivity index (χ3v) is 14.9. The maximum Gasteiger partial charge on any atom is 0.305 e. The van der Waals surface area contributed by atoms with Crippen LogP contribution in [0.2, 0.25) is 0 Å². The Labute approximate surface area is 449 Å². The van der Waals surface area contributed by atoms with Gasteiger partial charge in [0.2, 0.25) is 5.91 Å². The van der Waals surface area contributed by atoms with E-state index in [1.807, 2.05) is 6.08 Å². The van der Waals surface area contributed by atoms with Gasteiger partial charge in [-0.05, 0) is 83.5 Å². The second-order valence-corrected chi connectivity index (χ2v) is 22.1. The van der Waals surface area contributed by atoms with Gasteiger partial charge >= 0.3 is 5.97 Å². The van der Waals surface area contributed by atoms with Crippen LogP contribution in [0.3, 0.4) is 0 Å². The van der Waals surface area contributed by atoms with E-state index in [1.54, 1.807) is 6.08 Å². The van der Waals surface area contributed by atoms with Gasteiger partial charge in [0.25, 0.3) is 0 Å². The minimum Gasteiger partial charge on any atom is -0.466 e. The molecule has 2 unspecified atom stereocenters. The van der Waals surface area contributed by atoms with Crippen molar-refractivity contribution in [3.05, 3.63) is 36.5 Å². The molecule has 6 heteroatoms. The zero-order valence-electron chi connectivity index (χ0n) is 48.4. The minimum atomic E-state index is -0.841. The molecule has 0 spiro atoms. The second kappa shape index (κ2) is 61.6. The van der Waals surface area contributed by atoms with Gasteiger partial charge in [0.1, 0.15) is 0 Å². The number of carbonyl (C=O) groups excluding carboxylic acids is 2. The van der Waals surface area contributed by atoms with Crippen LogP contribution in [0.1, 0.15) is 348 Å². The van der Waals surface area contributed by atoms with Gasteiger partial charge in [0, 0.05) is 12.8 Å². The van der Waals surface area contributed by atoms with Crippen LogP contribution in [0, 0.1) is 0 Å². The van der Waals surface area contributed by atoms with E-state index in [4.69, 9.17) is 4.74 Å². The zero-order chi connectivity index (χ0) is 52.2. The van der Waals surface area contributed by atoms with Crippen LogP contribution >= 0.6 is 0 Å². The van der Waals surface area contributed by atoms with Crippen molar-refractivity contribution in [1.82, 2.24) is 5.32 Å². The number of amides is 1. The van der Waals surface area contributed by atoms with Gasteiger partial charge < -0.3 is 20.3 Å². The summed E-state index contributed by atoms with van der Waals surface area (Å²) in [7, 11) is 0. The standard InChI is InChI=1S/C66H125NO5/c1-3-5-7-9-11-13-15-35-40-44-48-52-56-60-66(71)72-61-57-53-49-45-41-37-34-32-30-28-26-24-22-20-18-16-17-19-21-23-25-27-29-31-33-36-39-43-47-51-55-59-65(70)67-63(62-68)64(69)58-54-50-46-42-38-14-12-10-8-6-4-2/h13,15,18,20,54,58,63-64,68-69H,3-12,14,16-17,19,21-53,55-57,59-62H2,1-2H3,(H,67,70)/b15-13-,20-18-,58-54+. The van der Waals surface area contributed by atoms with Gasteiger partial charge in [0.15, 0.2) is 0 Å². The number of unbranched alkanes of at least 4 members (excludes halogenated alkanes) is 45. The number of ether oxygens (including phenoxy) is 1. The predicted molar refractivity (Wildman–Crippen MR) is 315 cm³/mol. The van der Waals surface area contributed by atoms with Crippen molar-refractivity contribution in [1.29, 1.82) is 0 Å². The number of hydrogen-bond acceptors (Lipinski definition) is 5. The average molecular weight is 1010 g/mol. The first-order chi connectivity index (χ1) is 35.5. The lowest BCUT2D eigenvalue weighted by Gasteiger charge is -2.20.